The molecule has 2 N–H and O–H groups in total. The third-order valence-corrected chi connectivity index (χ3v) is 5.30. The molecule has 1 aromatic rings. The fourth-order valence-electron chi connectivity index (χ4n) is 2.21. The van der Waals surface area contributed by atoms with Crippen LogP contribution in [0.25, 0.3) is 0 Å². The number of ether oxygens (including phenoxy) is 1. The van der Waals surface area contributed by atoms with E-state index in [0.29, 0.717) is 11.2 Å². The van der Waals surface area contributed by atoms with E-state index in [2.05, 4.69) is 4.98 Å². The van der Waals surface area contributed by atoms with Crippen molar-refractivity contribution >= 4 is 22.6 Å². The topological polar surface area (TPSA) is 101 Å². The predicted octanol–water partition coefficient (Wildman–Crippen LogP) is 0.569. The fourth-order valence-corrected chi connectivity index (χ4v) is 2.70. The Kier molecular flexibility index (Phi) is 3.75. The Morgan fingerprint density at radius 3 is 2.30 bits per heavy atom. The minimum atomic E-state index is -3.92. The Labute approximate surface area is 136 Å². The smallest absolute Gasteiger partial charge is 0.489 e. The summed E-state index contributed by atoms with van der Waals surface area (Å²) in [6.07, 6.45) is 3.45. The zero-order valence-electron chi connectivity index (χ0n) is 13.7. The highest BCUT2D eigenvalue weighted by Crippen LogP contribution is 2.37. The SMILES string of the molecule is CC1(C)OB(c2cc(S(N)(=O)=O)ncc2OC2CC2)OC1(C)C. The molecule has 0 bridgehead atoms. The van der Waals surface area contributed by atoms with E-state index in [1.54, 1.807) is 0 Å². The number of sulfonamides is 1. The average Bonchev–Trinajstić information content (AvgIpc) is 3.16. The average molecular weight is 340 g/mol. The van der Waals surface area contributed by atoms with Crippen molar-refractivity contribution in [3.8, 4) is 5.75 Å². The monoisotopic (exact) mass is 340 g/mol. The maximum Gasteiger partial charge on any atom is 0.498 e. The molecule has 0 atom stereocenters. The number of hydrogen-bond acceptors (Lipinski definition) is 6. The van der Waals surface area contributed by atoms with Crippen molar-refractivity contribution in [2.24, 2.45) is 5.14 Å². The van der Waals surface area contributed by atoms with Crippen LogP contribution in [0.2, 0.25) is 0 Å². The van der Waals surface area contributed by atoms with Crippen molar-refractivity contribution in [1.82, 2.24) is 4.98 Å². The quantitative estimate of drug-likeness (QED) is 0.804. The Hall–Kier alpha value is -1.16. The van der Waals surface area contributed by atoms with E-state index < -0.39 is 28.3 Å². The lowest BCUT2D eigenvalue weighted by Gasteiger charge is -2.32. The standard InChI is InChI=1S/C14H21BN2O5S/c1-13(2)14(3,4)22-15(21-13)10-7-12(23(16,18)19)17-8-11(10)20-9-5-6-9/h7-9H,5-6H2,1-4H3,(H2,16,18,19). The van der Waals surface area contributed by atoms with Crippen molar-refractivity contribution in [1.29, 1.82) is 0 Å². The van der Waals surface area contributed by atoms with Crippen LogP contribution in [-0.2, 0) is 19.3 Å². The number of aromatic nitrogens is 1. The first-order valence-electron chi connectivity index (χ1n) is 7.55. The first-order chi connectivity index (χ1) is 10.5. The number of rotatable bonds is 4. The fraction of sp³-hybridized carbons (Fsp3) is 0.643. The van der Waals surface area contributed by atoms with Crippen LogP contribution in [0, 0.1) is 0 Å². The van der Waals surface area contributed by atoms with Gasteiger partial charge in [0.2, 0.25) is 0 Å². The Balaban J connectivity index is 2.01. The molecule has 1 aliphatic carbocycles. The summed E-state index contributed by atoms with van der Waals surface area (Å²) in [5.41, 5.74) is -0.589. The number of nitrogens with two attached hydrogens (primary N) is 1. The summed E-state index contributed by atoms with van der Waals surface area (Å²) in [5, 5.41) is 4.95. The lowest BCUT2D eigenvalue weighted by atomic mass is 9.79. The molecular weight excluding hydrogens is 319 g/mol. The van der Waals surface area contributed by atoms with Crippen molar-refractivity contribution in [2.75, 3.05) is 0 Å². The van der Waals surface area contributed by atoms with Gasteiger partial charge in [0.05, 0.1) is 23.5 Å². The zero-order chi connectivity index (χ0) is 17.0. The maximum absolute atomic E-state index is 11.6. The van der Waals surface area contributed by atoms with Crippen LogP contribution >= 0.6 is 0 Å². The second kappa shape index (κ2) is 5.17. The molecule has 2 fully saturated rings. The summed E-state index contributed by atoms with van der Waals surface area (Å²) in [5.74, 6) is 0.471. The van der Waals surface area contributed by atoms with Gasteiger partial charge in [0.15, 0.2) is 5.03 Å². The van der Waals surface area contributed by atoms with Gasteiger partial charge in [-0.25, -0.2) is 18.5 Å². The highest BCUT2D eigenvalue weighted by atomic mass is 32.2. The molecule has 1 aliphatic heterocycles. The molecule has 0 radical (unpaired) electrons. The molecule has 126 valence electrons. The van der Waals surface area contributed by atoms with E-state index in [9.17, 15) is 8.42 Å². The zero-order valence-corrected chi connectivity index (χ0v) is 14.5. The van der Waals surface area contributed by atoms with E-state index in [1.165, 1.54) is 12.3 Å². The molecule has 9 heteroatoms. The van der Waals surface area contributed by atoms with Crippen LogP contribution in [0.3, 0.4) is 0 Å². The minimum absolute atomic E-state index is 0.137. The van der Waals surface area contributed by atoms with E-state index in [0.717, 1.165) is 12.8 Å². The van der Waals surface area contributed by atoms with Crippen molar-refractivity contribution < 1.29 is 22.5 Å². The van der Waals surface area contributed by atoms with Gasteiger partial charge in [-0.3, -0.25) is 0 Å². The minimum Gasteiger partial charge on any atom is -0.489 e. The molecule has 3 rings (SSSR count). The highest BCUT2D eigenvalue weighted by Gasteiger charge is 2.53. The lowest BCUT2D eigenvalue weighted by molar-refractivity contribution is 0.00578. The van der Waals surface area contributed by atoms with E-state index in [-0.39, 0.29) is 11.1 Å². The van der Waals surface area contributed by atoms with E-state index in [4.69, 9.17) is 19.2 Å². The summed E-state index contributed by atoms with van der Waals surface area (Å²) in [7, 11) is -4.66. The predicted molar refractivity (Wildman–Crippen MR) is 85.0 cm³/mol. The Morgan fingerprint density at radius 2 is 1.83 bits per heavy atom. The number of nitrogens with zero attached hydrogens (tertiary/aromatic N) is 1. The summed E-state index contributed by atoms with van der Waals surface area (Å²) >= 11 is 0. The van der Waals surface area contributed by atoms with Gasteiger partial charge >= 0.3 is 7.12 Å². The molecule has 1 saturated heterocycles. The van der Waals surface area contributed by atoms with Crippen molar-refractivity contribution in [3.05, 3.63) is 12.3 Å². The normalized spacial score (nSPS) is 23.1. The third-order valence-electron chi connectivity index (χ3n) is 4.49. The molecule has 1 aromatic heterocycles. The van der Waals surface area contributed by atoms with Crippen molar-refractivity contribution in [3.63, 3.8) is 0 Å². The molecule has 0 unspecified atom stereocenters. The van der Waals surface area contributed by atoms with Gasteiger partial charge in [-0.1, -0.05) is 0 Å². The Morgan fingerprint density at radius 1 is 1.26 bits per heavy atom. The summed E-state index contributed by atoms with van der Waals surface area (Å²) < 4.78 is 41.0. The van der Waals surface area contributed by atoms with Crippen LogP contribution in [0.15, 0.2) is 17.3 Å². The highest BCUT2D eigenvalue weighted by molar-refractivity contribution is 7.89. The van der Waals surface area contributed by atoms with Gasteiger partial charge in [0.1, 0.15) is 5.75 Å². The number of primary sulfonamides is 1. The largest absolute Gasteiger partial charge is 0.498 e. The van der Waals surface area contributed by atoms with Gasteiger partial charge in [-0.2, -0.15) is 0 Å². The molecule has 2 heterocycles. The van der Waals surface area contributed by atoms with Crippen LogP contribution < -0.4 is 15.3 Å². The molecule has 0 amide bonds. The molecular formula is C14H21BN2O5S. The molecule has 0 spiro atoms. The first-order valence-corrected chi connectivity index (χ1v) is 9.09. The lowest BCUT2D eigenvalue weighted by Crippen LogP contribution is -2.41. The van der Waals surface area contributed by atoms with Crippen LogP contribution in [0.4, 0.5) is 0 Å². The van der Waals surface area contributed by atoms with Gasteiger partial charge in [-0.05, 0) is 46.6 Å². The molecule has 1 saturated carbocycles. The second-order valence-corrected chi connectivity index (χ2v) is 8.52. The van der Waals surface area contributed by atoms with Gasteiger partial charge < -0.3 is 14.0 Å². The molecule has 2 aliphatic rings. The molecule has 7 nitrogen and oxygen atoms in total. The van der Waals surface area contributed by atoms with Crippen LogP contribution in [0.5, 0.6) is 5.75 Å². The summed E-state index contributed by atoms with van der Waals surface area (Å²) in [6.45, 7) is 7.71. The summed E-state index contributed by atoms with van der Waals surface area (Å²) in [4.78, 5) is 3.89. The molecule has 23 heavy (non-hydrogen) atoms. The number of hydrogen-bond donors (Lipinski definition) is 1. The van der Waals surface area contributed by atoms with Gasteiger partial charge in [0.25, 0.3) is 10.0 Å². The van der Waals surface area contributed by atoms with Gasteiger partial charge in [-0.15, -0.1) is 0 Å². The molecule has 0 aromatic carbocycles. The summed E-state index contributed by atoms with van der Waals surface area (Å²) in [6, 6.07) is 1.37. The van der Waals surface area contributed by atoms with Gasteiger partial charge in [0, 0.05) is 5.46 Å². The Bertz CT molecular complexity index is 715. The first kappa shape index (κ1) is 16.7. The van der Waals surface area contributed by atoms with Crippen molar-refractivity contribution in [2.45, 2.75) is 62.9 Å². The second-order valence-electron chi connectivity index (χ2n) is 7.01. The number of pyridine rings is 1. The third kappa shape index (κ3) is 3.23. The van der Waals surface area contributed by atoms with E-state index >= 15 is 0 Å². The van der Waals surface area contributed by atoms with Crippen LogP contribution in [-0.4, -0.2) is 37.8 Å². The maximum atomic E-state index is 11.6. The van der Waals surface area contributed by atoms with Crippen LogP contribution in [0.1, 0.15) is 40.5 Å². The van der Waals surface area contributed by atoms with E-state index in [1.807, 2.05) is 27.7 Å².